The molecule has 76 valence electrons. The Morgan fingerprint density at radius 3 is 2.69 bits per heavy atom. The zero-order chi connectivity index (χ0) is 10.2. The number of nitrogens with one attached hydrogen (secondary N) is 1. The molecular weight excluding hydrogens is 164 g/mol. The van der Waals surface area contributed by atoms with Crippen LogP contribution in [0.4, 0.5) is 0 Å². The number of hydrogen-bond donors (Lipinski definition) is 2. The molecule has 3 N–H and O–H groups in total. The smallest absolute Gasteiger partial charge is 0.0656 e. The van der Waals surface area contributed by atoms with Crippen LogP contribution in [0.15, 0.2) is 0 Å². The van der Waals surface area contributed by atoms with Crippen molar-refractivity contribution in [3.05, 3.63) is 0 Å². The van der Waals surface area contributed by atoms with Crippen LogP contribution in [0.3, 0.4) is 0 Å². The molecule has 3 heteroatoms. The molecule has 0 heterocycles. The standard InChI is InChI=1S/C10H20N2O/c1-4-6-7-12-10(5-2,8-11)9-13-3/h1,12H,5-9,11H2,2-3H3. The summed E-state index contributed by atoms with van der Waals surface area (Å²) in [6, 6.07) is 0. The quantitative estimate of drug-likeness (QED) is 0.443. The molecule has 0 rings (SSSR count). The van der Waals surface area contributed by atoms with Crippen molar-refractivity contribution in [1.29, 1.82) is 0 Å². The Labute approximate surface area is 81.0 Å². The molecule has 0 fully saturated rings. The van der Waals surface area contributed by atoms with Crippen molar-refractivity contribution in [3.63, 3.8) is 0 Å². The Morgan fingerprint density at radius 2 is 2.31 bits per heavy atom. The van der Waals surface area contributed by atoms with E-state index >= 15 is 0 Å². The summed E-state index contributed by atoms with van der Waals surface area (Å²) in [5.74, 6) is 2.59. The molecule has 0 aromatic heterocycles. The van der Waals surface area contributed by atoms with Crippen molar-refractivity contribution >= 4 is 0 Å². The van der Waals surface area contributed by atoms with Gasteiger partial charge in [0.2, 0.25) is 0 Å². The van der Waals surface area contributed by atoms with E-state index in [1.165, 1.54) is 0 Å². The molecule has 0 amide bonds. The van der Waals surface area contributed by atoms with Gasteiger partial charge in [-0.2, -0.15) is 0 Å². The second kappa shape index (κ2) is 6.90. The van der Waals surface area contributed by atoms with E-state index in [0.717, 1.165) is 19.4 Å². The van der Waals surface area contributed by atoms with E-state index in [2.05, 4.69) is 18.2 Å². The highest BCUT2D eigenvalue weighted by Crippen LogP contribution is 2.08. The Hall–Kier alpha value is -0.560. The van der Waals surface area contributed by atoms with Crippen LogP contribution in [0, 0.1) is 12.3 Å². The van der Waals surface area contributed by atoms with Gasteiger partial charge in [0.1, 0.15) is 0 Å². The van der Waals surface area contributed by atoms with Gasteiger partial charge in [-0.3, -0.25) is 0 Å². The molecule has 13 heavy (non-hydrogen) atoms. The molecule has 0 spiro atoms. The minimum atomic E-state index is -0.106. The summed E-state index contributed by atoms with van der Waals surface area (Å²) in [7, 11) is 1.68. The van der Waals surface area contributed by atoms with Crippen molar-refractivity contribution < 1.29 is 4.74 Å². The zero-order valence-corrected chi connectivity index (χ0v) is 8.60. The van der Waals surface area contributed by atoms with Gasteiger partial charge in [0.25, 0.3) is 0 Å². The SMILES string of the molecule is C#CCCNC(CC)(CN)COC. The number of ether oxygens (including phenoxy) is 1. The third-order valence-corrected chi connectivity index (χ3v) is 2.26. The molecule has 0 radical (unpaired) electrons. The van der Waals surface area contributed by atoms with Crippen LogP contribution >= 0.6 is 0 Å². The maximum atomic E-state index is 5.69. The molecule has 0 aromatic rings. The van der Waals surface area contributed by atoms with Crippen LogP contribution in [0.1, 0.15) is 19.8 Å². The van der Waals surface area contributed by atoms with Crippen molar-refractivity contribution in [2.75, 3.05) is 26.8 Å². The summed E-state index contributed by atoms with van der Waals surface area (Å²) in [5.41, 5.74) is 5.59. The fraction of sp³-hybridized carbons (Fsp3) is 0.800. The molecule has 0 aliphatic rings. The van der Waals surface area contributed by atoms with Gasteiger partial charge >= 0.3 is 0 Å². The Bertz CT molecular complexity index is 159. The van der Waals surface area contributed by atoms with Gasteiger partial charge < -0.3 is 15.8 Å². The fourth-order valence-corrected chi connectivity index (χ4v) is 1.23. The molecular formula is C10H20N2O. The van der Waals surface area contributed by atoms with Gasteiger partial charge in [-0.25, -0.2) is 0 Å². The average molecular weight is 184 g/mol. The second-order valence-corrected chi connectivity index (χ2v) is 3.15. The first-order valence-corrected chi connectivity index (χ1v) is 4.62. The molecule has 0 saturated carbocycles. The van der Waals surface area contributed by atoms with E-state index in [-0.39, 0.29) is 5.54 Å². The summed E-state index contributed by atoms with van der Waals surface area (Å²) in [6.45, 7) is 4.09. The molecule has 0 aromatic carbocycles. The van der Waals surface area contributed by atoms with Crippen molar-refractivity contribution in [2.24, 2.45) is 5.73 Å². The average Bonchev–Trinajstić information content (AvgIpc) is 2.17. The highest BCUT2D eigenvalue weighted by Gasteiger charge is 2.24. The third kappa shape index (κ3) is 4.28. The van der Waals surface area contributed by atoms with E-state index < -0.39 is 0 Å². The van der Waals surface area contributed by atoms with Crippen LogP contribution < -0.4 is 11.1 Å². The van der Waals surface area contributed by atoms with Crippen LogP contribution in [0.5, 0.6) is 0 Å². The summed E-state index contributed by atoms with van der Waals surface area (Å²) in [4.78, 5) is 0. The lowest BCUT2D eigenvalue weighted by molar-refractivity contribution is 0.110. The van der Waals surface area contributed by atoms with Crippen LogP contribution in [0.2, 0.25) is 0 Å². The molecule has 1 atom stereocenters. The monoisotopic (exact) mass is 184 g/mol. The zero-order valence-electron chi connectivity index (χ0n) is 8.60. The van der Waals surface area contributed by atoms with E-state index in [1.807, 2.05) is 0 Å². The van der Waals surface area contributed by atoms with E-state index in [9.17, 15) is 0 Å². The lowest BCUT2D eigenvalue weighted by Gasteiger charge is -2.31. The predicted octanol–water partition coefficient (Wildman–Crippen LogP) is 0.353. The molecule has 3 nitrogen and oxygen atoms in total. The van der Waals surface area contributed by atoms with Crippen LogP contribution in [-0.4, -0.2) is 32.3 Å². The number of hydrogen-bond acceptors (Lipinski definition) is 3. The maximum absolute atomic E-state index is 5.69. The van der Waals surface area contributed by atoms with Gasteiger partial charge in [-0.05, 0) is 6.42 Å². The number of terminal acetylenes is 1. The summed E-state index contributed by atoms with van der Waals surface area (Å²) in [6.07, 6.45) is 6.84. The first kappa shape index (κ1) is 12.4. The van der Waals surface area contributed by atoms with Crippen LogP contribution in [0.25, 0.3) is 0 Å². The van der Waals surface area contributed by atoms with E-state index in [0.29, 0.717) is 13.2 Å². The minimum absolute atomic E-state index is 0.106. The van der Waals surface area contributed by atoms with Gasteiger partial charge in [0, 0.05) is 26.6 Å². The van der Waals surface area contributed by atoms with Crippen LogP contribution in [-0.2, 0) is 4.74 Å². The van der Waals surface area contributed by atoms with Gasteiger partial charge in [0.05, 0.1) is 12.1 Å². The Morgan fingerprint density at radius 1 is 1.62 bits per heavy atom. The van der Waals surface area contributed by atoms with Gasteiger partial charge in [0.15, 0.2) is 0 Å². The number of methoxy groups -OCH3 is 1. The first-order valence-electron chi connectivity index (χ1n) is 4.62. The minimum Gasteiger partial charge on any atom is -0.383 e. The Kier molecular flexibility index (Phi) is 6.61. The molecule has 0 aliphatic carbocycles. The van der Waals surface area contributed by atoms with Crippen molar-refractivity contribution in [3.8, 4) is 12.3 Å². The first-order chi connectivity index (χ1) is 6.24. The molecule has 1 unspecified atom stereocenters. The topological polar surface area (TPSA) is 47.3 Å². The highest BCUT2D eigenvalue weighted by molar-refractivity contribution is 4.91. The Balaban J connectivity index is 3.98. The summed E-state index contributed by atoms with van der Waals surface area (Å²) < 4.78 is 5.13. The molecule has 0 aliphatic heterocycles. The third-order valence-electron chi connectivity index (χ3n) is 2.26. The number of rotatable bonds is 7. The van der Waals surface area contributed by atoms with Crippen molar-refractivity contribution in [2.45, 2.75) is 25.3 Å². The largest absolute Gasteiger partial charge is 0.383 e. The maximum Gasteiger partial charge on any atom is 0.0656 e. The highest BCUT2D eigenvalue weighted by atomic mass is 16.5. The summed E-state index contributed by atoms with van der Waals surface area (Å²) in [5, 5.41) is 3.34. The van der Waals surface area contributed by atoms with Crippen molar-refractivity contribution in [1.82, 2.24) is 5.32 Å². The lowest BCUT2D eigenvalue weighted by Crippen LogP contribution is -2.54. The summed E-state index contributed by atoms with van der Waals surface area (Å²) >= 11 is 0. The predicted molar refractivity (Wildman–Crippen MR) is 55.4 cm³/mol. The normalized spacial score (nSPS) is 14.9. The number of nitrogens with two attached hydrogens (primary N) is 1. The molecule has 0 bridgehead atoms. The van der Waals surface area contributed by atoms with E-state index in [4.69, 9.17) is 16.9 Å². The fourth-order valence-electron chi connectivity index (χ4n) is 1.23. The van der Waals surface area contributed by atoms with E-state index in [1.54, 1.807) is 7.11 Å². The van der Waals surface area contributed by atoms with Gasteiger partial charge in [-0.15, -0.1) is 12.3 Å². The second-order valence-electron chi connectivity index (χ2n) is 3.15. The molecule has 0 saturated heterocycles. The van der Waals surface area contributed by atoms with Gasteiger partial charge in [-0.1, -0.05) is 6.92 Å². The lowest BCUT2D eigenvalue weighted by atomic mass is 9.97.